The number of para-hydroxylation sites is 2. The van der Waals surface area contributed by atoms with Crippen molar-refractivity contribution in [1.82, 2.24) is 4.57 Å². The van der Waals surface area contributed by atoms with Crippen LogP contribution in [0.5, 0.6) is 0 Å². The maximum atomic E-state index is 2.45. The van der Waals surface area contributed by atoms with Crippen LogP contribution in [0.4, 0.5) is 17.1 Å². The van der Waals surface area contributed by atoms with Gasteiger partial charge >= 0.3 is 0 Å². The molecule has 10 rings (SSSR count). The van der Waals surface area contributed by atoms with Crippen LogP contribution in [0.1, 0.15) is 0 Å². The van der Waals surface area contributed by atoms with Crippen molar-refractivity contribution in [3.8, 4) is 39.1 Å². The number of fused-ring (bicyclic) bond motifs is 3. The lowest BCUT2D eigenvalue weighted by Gasteiger charge is -2.25. The lowest BCUT2D eigenvalue weighted by Crippen LogP contribution is -2.09. The second-order valence-corrected chi connectivity index (χ2v) is 12.5. The lowest BCUT2D eigenvalue weighted by molar-refractivity contribution is 1.18. The van der Waals surface area contributed by atoms with Gasteiger partial charge in [0.15, 0.2) is 0 Å². The lowest BCUT2D eigenvalue weighted by atomic mass is 9.93. The third-order valence-electron chi connectivity index (χ3n) is 9.92. The zero-order valence-corrected chi connectivity index (χ0v) is 26.2. The number of anilines is 3. The highest BCUT2D eigenvalue weighted by atomic mass is 15.1. The predicted octanol–water partition coefficient (Wildman–Crippen LogP) is 12.7. The van der Waals surface area contributed by atoms with Crippen LogP contribution in [0.15, 0.2) is 182 Å². The molecule has 0 bridgehead atoms. The van der Waals surface area contributed by atoms with Crippen LogP contribution in [0.2, 0.25) is 0 Å². The highest BCUT2D eigenvalue weighted by molar-refractivity contribution is 6.30. The third kappa shape index (κ3) is 4.00. The van der Waals surface area contributed by atoms with Crippen molar-refractivity contribution < 1.29 is 0 Å². The van der Waals surface area contributed by atoms with Crippen molar-refractivity contribution in [3.63, 3.8) is 0 Å². The maximum Gasteiger partial charge on any atom is 0.0547 e. The fourth-order valence-electron chi connectivity index (χ4n) is 7.81. The number of hydrogen-bond acceptors (Lipinski definition) is 1. The first-order valence-electron chi connectivity index (χ1n) is 16.5. The van der Waals surface area contributed by atoms with Gasteiger partial charge in [-0.15, -0.1) is 0 Å². The van der Waals surface area contributed by atoms with E-state index in [9.17, 15) is 0 Å². The summed E-state index contributed by atoms with van der Waals surface area (Å²) in [6, 6.07) is 66.0. The summed E-state index contributed by atoms with van der Waals surface area (Å²) in [5, 5.41) is 5.29. The second kappa shape index (κ2) is 10.6. The number of benzene rings is 8. The Hall–Kier alpha value is -6.38. The molecule has 2 heteroatoms. The van der Waals surface area contributed by atoms with Gasteiger partial charge < -0.3 is 9.47 Å². The van der Waals surface area contributed by atoms with E-state index in [2.05, 4.69) is 191 Å². The molecule has 1 heterocycles. The van der Waals surface area contributed by atoms with Crippen molar-refractivity contribution >= 4 is 49.6 Å². The van der Waals surface area contributed by atoms with E-state index in [1.807, 2.05) is 0 Å². The Balaban J connectivity index is 1.09. The first-order valence-corrected chi connectivity index (χ1v) is 16.5. The molecule has 0 radical (unpaired) electrons. The molecule has 0 amide bonds. The molecule has 0 saturated heterocycles. The zero-order valence-electron chi connectivity index (χ0n) is 26.2. The van der Waals surface area contributed by atoms with E-state index in [0.29, 0.717) is 0 Å². The fraction of sp³-hybridized carbons (Fsp3) is 0. The van der Waals surface area contributed by atoms with Gasteiger partial charge in [-0.3, -0.25) is 0 Å². The van der Waals surface area contributed by atoms with Crippen molar-refractivity contribution in [1.29, 1.82) is 0 Å². The summed E-state index contributed by atoms with van der Waals surface area (Å²) in [4.78, 5) is 2.30. The smallest absolute Gasteiger partial charge is 0.0547 e. The van der Waals surface area contributed by atoms with Gasteiger partial charge in [-0.2, -0.15) is 0 Å². The normalized spacial score (nSPS) is 11.8. The summed E-state index contributed by atoms with van der Waals surface area (Å²) in [5.41, 5.74) is 14.6. The minimum absolute atomic E-state index is 1.13. The van der Waals surface area contributed by atoms with Gasteiger partial charge in [0.2, 0.25) is 0 Å². The van der Waals surface area contributed by atoms with E-state index in [4.69, 9.17) is 0 Å². The SMILES string of the molecule is c1ccc(N(c2ccccc2)c2ccc(-c3ccc(-n4c5cccc6c5c5c7c(cccc7ccc54)-c4ccccc4-6)cc3)cc2)cc1. The molecule has 2 nitrogen and oxygen atoms in total. The Bertz CT molecular complexity index is 2590. The molecular formula is C46H30N2. The molecule has 0 atom stereocenters. The second-order valence-electron chi connectivity index (χ2n) is 12.5. The standard InChI is InChI=1S/C46H30N2/c1-3-12-34(13-4-1)47(35-14-5-2-6-15-35)36-26-21-31(22-27-36)32-23-28-37(29-24-32)48-42-20-10-19-41-39-17-8-7-16-38(39)40-18-9-11-33-25-30-43(48)46(44(33)40)45(41)42/h1-30H. The summed E-state index contributed by atoms with van der Waals surface area (Å²) in [7, 11) is 0. The van der Waals surface area contributed by atoms with Gasteiger partial charge in [0, 0.05) is 33.5 Å². The van der Waals surface area contributed by atoms with E-state index in [-0.39, 0.29) is 0 Å². The summed E-state index contributed by atoms with van der Waals surface area (Å²) >= 11 is 0. The van der Waals surface area contributed by atoms with Crippen LogP contribution in [0, 0.1) is 0 Å². The van der Waals surface area contributed by atoms with Crippen molar-refractivity contribution in [2.45, 2.75) is 0 Å². The molecule has 0 aliphatic heterocycles. The first-order chi connectivity index (χ1) is 23.8. The molecule has 224 valence electrons. The molecule has 0 spiro atoms. The summed E-state index contributed by atoms with van der Waals surface area (Å²) in [6.07, 6.45) is 0. The number of rotatable bonds is 5. The number of nitrogens with zero attached hydrogens (tertiary/aromatic N) is 2. The quantitative estimate of drug-likeness (QED) is 0.188. The molecule has 8 aromatic carbocycles. The number of hydrogen-bond donors (Lipinski definition) is 0. The fourth-order valence-corrected chi connectivity index (χ4v) is 7.81. The zero-order chi connectivity index (χ0) is 31.6. The van der Waals surface area contributed by atoms with E-state index in [1.54, 1.807) is 0 Å². The van der Waals surface area contributed by atoms with E-state index >= 15 is 0 Å². The Kier molecular flexibility index (Phi) is 5.91. The Morgan fingerprint density at radius 3 is 1.46 bits per heavy atom. The van der Waals surface area contributed by atoms with Gasteiger partial charge in [0.1, 0.15) is 0 Å². The Morgan fingerprint density at radius 2 is 0.812 bits per heavy atom. The van der Waals surface area contributed by atoms with Gasteiger partial charge in [-0.25, -0.2) is 0 Å². The summed E-state index contributed by atoms with van der Waals surface area (Å²) in [5.74, 6) is 0. The van der Waals surface area contributed by atoms with Gasteiger partial charge in [-0.1, -0.05) is 121 Å². The molecule has 1 aromatic heterocycles. The van der Waals surface area contributed by atoms with Crippen LogP contribution >= 0.6 is 0 Å². The highest BCUT2D eigenvalue weighted by Gasteiger charge is 2.24. The average Bonchev–Trinajstić information content (AvgIpc) is 3.44. The Morgan fingerprint density at radius 1 is 0.312 bits per heavy atom. The van der Waals surface area contributed by atoms with E-state index in [0.717, 1.165) is 22.7 Å². The van der Waals surface area contributed by atoms with Gasteiger partial charge in [-0.05, 0) is 105 Å². The number of aromatic nitrogens is 1. The van der Waals surface area contributed by atoms with Gasteiger partial charge in [0.05, 0.1) is 11.0 Å². The van der Waals surface area contributed by atoms with E-state index < -0.39 is 0 Å². The van der Waals surface area contributed by atoms with Crippen LogP contribution < -0.4 is 4.90 Å². The first kappa shape index (κ1) is 26.8. The van der Waals surface area contributed by atoms with Crippen LogP contribution in [0.25, 0.3) is 71.6 Å². The monoisotopic (exact) mass is 610 g/mol. The predicted molar refractivity (Wildman–Crippen MR) is 203 cm³/mol. The van der Waals surface area contributed by atoms with Gasteiger partial charge in [0.25, 0.3) is 0 Å². The summed E-state index contributed by atoms with van der Waals surface area (Å²) < 4.78 is 2.45. The molecule has 0 saturated carbocycles. The van der Waals surface area contributed by atoms with Crippen molar-refractivity contribution in [2.75, 3.05) is 4.90 Å². The molecule has 0 unspecified atom stereocenters. The molecule has 0 fully saturated rings. The van der Waals surface area contributed by atoms with E-state index in [1.165, 1.54) is 66.0 Å². The van der Waals surface area contributed by atoms with Crippen LogP contribution in [0.3, 0.4) is 0 Å². The third-order valence-corrected chi connectivity index (χ3v) is 9.92. The minimum atomic E-state index is 1.13. The molecular weight excluding hydrogens is 581 g/mol. The van der Waals surface area contributed by atoms with Crippen LogP contribution in [-0.4, -0.2) is 4.57 Å². The molecule has 9 aromatic rings. The van der Waals surface area contributed by atoms with Crippen molar-refractivity contribution in [3.05, 3.63) is 182 Å². The van der Waals surface area contributed by atoms with Crippen LogP contribution in [-0.2, 0) is 0 Å². The van der Waals surface area contributed by atoms with Crippen molar-refractivity contribution in [2.24, 2.45) is 0 Å². The molecule has 1 aliphatic rings. The molecule has 0 N–H and O–H groups in total. The maximum absolute atomic E-state index is 2.45. The summed E-state index contributed by atoms with van der Waals surface area (Å²) in [6.45, 7) is 0. The molecule has 48 heavy (non-hydrogen) atoms. The Labute approximate surface area is 279 Å². The average molecular weight is 611 g/mol. The topological polar surface area (TPSA) is 8.17 Å². The largest absolute Gasteiger partial charge is 0.311 e. The minimum Gasteiger partial charge on any atom is -0.311 e. The highest BCUT2D eigenvalue weighted by Crippen LogP contribution is 2.49. The molecule has 1 aliphatic carbocycles.